The highest BCUT2D eigenvalue weighted by Crippen LogP contribution is 2.24. The fourth-order valence-corrected chi connectivity index (χ4v) is 1.86. The minimum absolute atomic E-state index is 0.0985. The van der Waals surface area contributed by atoms with Crippen LogP contribution in [0.2, 0.25) is 0 Å². The Hall–Kier alpha value is -1.55. The third kappa shape index (κ3) is 4.85. The molecule has 1 unspecified atom stereocenters. The number of aliphatic hydroxyl groups is 1. The van der Waals surface area contributed by atoms with Gasteiger partial charge in [-0.05, 0) is 31.7 Å². The van der Waals surface area contributed by atoms with Gasteiger partial charge in [0.15, 0.2) is 6.10 Å². The topological polar surface area (TPSA) is 58.6 Å². The molecule has 1 rings (SSSR count). The molecule has 0 aliphatic heterocycles. The Morgan fingerprint density at radius 2 is 2.05 bits per heavy atom. The van der Waals surface area contributed by atoms with E-state index in [1.807, 2.05) is 19.1 Å². The molecular formula is C16H25NO3. The zero-order chi connectivity index (χ0) is 15.1. The third-order valence-corrected chi connectivity index (χ3v) is 3.15. The number of amides is 1. The highest BCUT2D eigenvalue weighted by Gasteiger charge is 2.17. The fraction of sp³-hybridized carbons (Fsp3) is 0.562. The van der Waals surface area contributed by atoms with E-state index in [9.17, 15) is 9.90 Å². The number of nitrogens with one attached hydrogen (secondary N) is 1. The number of aryl methyl sites for hydroxylation is 1. The van der Waals surface area contributed by atoms with Crippen LogP contribution in [0.4, 0.5) is 0 Å². The van der Waals surface area contributed by atoms with Crippen molar-refractivity contribution in [2.24, 2.45) is 5.92 Å². The second-order valence-electron chi connectivity index (χ2n) is 5.45. The Kier molecular flexibility index (Phi) is 6.52. The normalized spacial score (nSPS) is 12.3. The molecular weight excluding hydrogens is 254 g/mol. The van der Waals surface area contributed by atoms with Crippen molar-refractivity contribution in [1.82, 2.24) is 5.32 Å². The molecule has 0 radical (unpaired) electrons. The highest BCUT2D eigenvalue weighted by molar-refractivity contribution is 5.80. The van der Waals surface area contributed by atoms with Gasteiger partial charge in [-0.1, -0.05) is 32.0 Å². The van der Waals surface area contributed by atoms with E-state index in [1.165, 1.54) is 0 Å². The maximum absolute atomic E-state index is 11.9. The molecule has 1 aromatic carbocycles. The van der Waals surface area contributed by atoms with Crippen LogP contribution in [0.1, 0.15) is 38.3 Å². The van der Waals surface area contributed by atoms with Crippen molar-refractivity contribution in [2.45, 2.75) is 46.8 Å². The van der Waals surface area contributed by atoms with Crippen molar-refractivity contribution >= 4 is 5.91 Å². The van der Waals surface area contributed by atoms with Crippen molar-refractivity contribution in [3.63, 3.8) is 0 Å². The molecule has 0 fully saturated rings. The van der Waals surface area contributed by atoms with Gasteiger partial charge in [-0.3, -0.25) is 4.79 Å². The van der Waals surface area contributed by atoms with E-state index >= 15 is 0 Å². The van der Waals surface area contributed by atoms with E-state index < -0.39 is 6.10 Å². The summed E-state index contributed by atoms with van der Waals surface area (Å²) in [6, 6.07) is 5.56. The average molecular weight is 279 g/mol. The predicted molar refractivity (Wildman–Crippen MR) is 79.7 cm³/mol. The number of carbonyl (C=O) groups is 1. The monoisotopic (exact) mass is 279 g/mol. The minimum Gasteiger partial charge on any atom is -0.480 e. The van der Waals surface area contributed by atoms with Gasteiger partial charge in [0.05, 0.1) is 6.61 Å². The molecule has 1 aromatic rings. The highest BCUT2D eigenvalue weighted by atomic mass is 16.5. The van der Waals surface area contributed by atoms with Gasteiger partial charge in [-0.2, -0.15) is 0 Å². The van der Waals surface area contributed by atoms with Crippen LogP contribution < -0.4 is 10.1 Å². The molecule has 0 aliphatic carbocycles. The van der Waals surface area contributed by atoms with Gasteiger partial charge in [-0.15, -0.1) is 0 Å². The van der Waals surface area contributed by atoms with Crippen LogP contribution in [0.15, 0.2) is 18.2 Å². The molecule has 2 N–H and O–H groups in total. The number of hydrogen-bond donors (Lipinski definition) is 2. The first-order valence-electron chi connectivity index (χ1n) is 7.09. The van der Waals surface area contributed by atoms with Crippen molar-refractivity contribution in [3.8, 4) is 5.75 Å². The van der Waals surface area contributed by atoms with Gasteiger partial charge in [0.2, 0.25) is 0 Å². The number of para-hydroxylation sites is 1. The van der Waals surface area contributed by atoms with Crippen LogP contribution in [0, 0.1) is 12.8 Å². The van der Waals surface area contributed by atoms with Crippen molar-refractivity contribution in [1.29, 1.82) is 0 Å². The Morgan fingerprint density at radius 3 is 2.65 bits per heavy atom. The second kappa shape index (κ2) is 7.90. The second-order valence-corrected chi connectivity index (χ2v) is 5.45. The van der Waals surface area contributed by atoms with E-state index in [4.69, 9.17) is 4.74 Å². The van der Waals surface area contributed by atoms with Gasteiger partial charge < -0.3 is 15.2 Å². The molecule has 0 aliphatic rings. The van der Waals surface area contributed by atoms with E-state index in [2.05, 4.69) is 19.2 Å². The van der Waals surface area contributed by atoms with Crippen LogP contribution in [0.3, 0.4) is 0 Å². The van der Waals surface area contributed by atoms with Crippen LogP contribution >= 0.6 is 0 Å². The van der Waals surface area contributed by atoms with E-state index in [0.717, 1.165) is 12.0 Å². The van der Waals surface area contributed by atoms with Gasteiger partial charge in [0, 0.05) is 12.1 Å². The molecule has 4 nitrogen and oxygen atoms in total. The van der Waals surface area contributed by atoms with Crippen molar-refractivity contribution < 1.29 is 14.6 Å². The van der Waals surface area contributed by atoms with E-state index in [1.54, 1.807) is 13.0 Å². The number of ether oxygens (including phenoxy) is 1. The maximum Gasteiger partial charge on any atom is 0.260 e. The maximum atomic E-state index is 11.9. The van der Waals surface area contributed by atoms with Gasteiger partial charge >= 0.3 is 0 Å². The average Bonchev–Trinajstić information content (AvgIpc) is 2.40. The number of carbonyl (C=O) groups excluding carboxylic acids is 1. The summed E-state index contributed by atoms with van der Waals surface area (Å²) < 4.78 is 5.71. The van der Waals surface area contributed by atoms with Crippen LogP contribution in [0.25, 0.3) is 0 Å². The molecule has 20 heavy (non-hydrogen) atoms. The standard InChI is InChI=1S/C16H25NO3/c1-11(2)8-9-17-16(19)13(4)20-15-12(3)6-5-7-14(15)10-18/h5-7,11,13,18H,8-10H2,1-4H3,(H,17,19). The lowest BCUT2D eigenvalue weighted by molar-refractivity contribution is -0.127. The van der Waals surface area contributed by atoms with Crippen molar-refractivity contribution in [3.05, 3.63) is 29.3 Å². The summed E-state index contributed by atoms with van der Waals surface area (Å²) in [6.07, 6.45) is 0.374. The van der Waals surface area contributed by atoms with E-state index in [0.29, 0.717) is 23.8 Å². The SMILES string of the molecule is Cc1cccc(CO)c1OC(C)C(=O)NCCC(C)C. The number of rotatable bonds is 7. The molecule has 0 spiro atoms. The summed E-state index contributed by atoms with van der Waals surface area (Å²) in [5.74, 6) is 1.03. The Balaban J connectivity index is 2.61. The third-order valence-electron chi connectivity index (χ3n) is 3.15. The lowest BCUT2D eigenvalue weighted by Gasteiger charge is -2.18. The smallest absolute Gasteiger partial charge is 0.260 e. The largest absolute Gasteiger partial charge is 0.480 e. The summed E-state index contributed by atoms with van der Waals surface area (Å²) >= 11 is 0. The molecule has 4 heteroatoms. The molecule has 1 amide bonds. The van der Waals surface area contributed by atoms with Gasteiger partial charge in [-0.25, -0.2) is 0 Å². The van der Waals surface area contributed by atoms with Crippen LogP contribution in [-0.4, -0.2) is 23.7 Å². The zero-order valence-corrected chi connectivity index (χ0v) is 12.8. The van der Waals surface area contributed by atoms with Gasteiger partial charge in [0.1, 0.15) is 5.75 Å². The fourth-order valence-electron chi connectivity index (χ4n) is 1.86. The molecule has 0 bridgehead atoms. The lowest BCUT2D eigenvalue weighted by Crippen LogP contribution is -2.37. The summed E-state index contributed by atoms with van der Waals surface area (Å²) in [5.41, 5.74) is 1.62. The zero-order valence-electron chi connectivity index (χ0n) is 12.8. The summed E-state index contributed by atoms with van der Waals surface area (Å²) in [5, 5.41) is 12.2. The first kappa shape index (κ1) is 16.5. The van der Waals surface area contributed by atoms with Crippen molar-refractivity contribution in [2.75, 3.05) is 6.54 Å². The Labute approximate surface area is 121 Å². The van der Waals surface area contributed by atoms with E-state index in [-0.39, 0.29) is 12.5 Å². The predicted octanol–water partition coefficient (Wildman–Crippen LogP) is 2.42. The first-order valence-corrected chi connectivity index (χ1v) is 7.09. The van der Waals surface area contributed by atoms with Crippen LogP contribution in [-0.2, 0) is 11.4 Å². The van der Waals surface area contributed by atoms with Gasteiger partial charge in [0.25, 0.3) is 5.91 Å². The molecule has 0 aromatic heterocycles. The number of benzene rings is 1. The summed E-state index contributed by atoms with van der Waals surface area (Å²) in [6.45, 7) is 8.42. The molecule has 112 valence electrons. The summed E-state index contributed by atoms with van der Waals surface area (Å²) in [7, 11) is 0. The quantitative estimate of drug-likeness (QED) is 0.806. The number of hydrogen-bond acceptors (Lipinski definition) is 3. The molecule has 0 heterocycles. The first-order chi connectivity index (χ1) is 9.45. The van der Waals surface area contributed by atoms with Crippen LogP contribution in [0.5, 0.6) is 5.75 Å². The minimum atomic E-state index is -0.575. The Morgan fingerprint density at radius 1 is 1.35 bits per heavy atom. The molecule has 0 saturated carbocycles. The molecule has 0 saturated heterocycles. The lowest BCUT2D eigenvalue weighted by atomic mass is 10.1. The Bertz CT molecular complexity index is 443. The summed E-state index contributed by atoms with van der Waals surface area (Å²) in [4.78, 5) is 11.9. The molecule has 1 atom stereocenters. The number of aliphatic hydroxyl groups excluding tert-OH is 1.